The number of nitrogens with two attached hydrogens (primary N) is 1. The number of fused-ring (bicyclic) bond motifs is 1. The minimum absolute atomic E-state index is 0.352. The zero-order valence-electron chi connectivity index (χ0n) is 11.7. The molecule has 0 bridgehead atoms. The Morgan fingerprint density at radius 2 is 2.36 bits per heavy atom. The summed E-state index contributed by atoms with van der Waals surface area (Å²) in [6.45, 7) is 1.23. The van der Waals surface area contributed by atoms with E-state index in [1.807, 2.05) is 18.3 Å². The van der Waals surface area contributed by atoms with Gasteiger partial charge in [0.1, 0.15) is 23.5 Å². The molecule has 0 aromatic carbocycles. The maximum absolute atomic E-state index is 5.57. The lowest BCUT2D eigenvalue weighted by molar-refractivity contribution is 0.383. The Hall–Kier alpha value is -2.32. The van der Waals surface area contributed by atoms with Gasteiger partial charge >= 0.3 is 0 Å². The zero-order chi connectivity index (χ0) is 14.9. The minimum Gasteiger partial charge on any atom is -0.359 e. The first-order valence-corrected chi connectivity index (χ1v) is 7.89. The van der Waals surface area contributed by atoms with Gasteiger partial charge in [0.25, 0.3) is 0 Å². The van der Waals surface area contributed by atoms with Crippen LogP contribution in [0.4, 0.5) is 5.82 Å². The predicted molar refractivity (Wildman–Crippen MR) is 86.1 cm³/mol. The lowest BCUT2D eigenvalue weighted by atomic mass is 10.3. The second kappa shape index (κ2) is 5.47. The third-order valence-electron chi connectivity index (χ3n) is 3.48. The molecular weight excluding hydrogens is 300 g/mol. The van der Waals surface area contributed by atoms with Gasteiger partial charge in [-0.25, -0.2) is 9.97 Å². The number of nitrogens with zero attached hydrogens (tertiary/aromatic N) is 4. The van der Waals surface area contributed by atoms with Gasteiger partial charge in [-0.15, -0.1) is 11.8 Å². The van der Waals surface area contributed by atoms with Crippen LogP contribution in [0.2, 0.25) is 0 Å². The molecule has 0 unspecified atom stereocenters. The SMILES string of the molecule is NCc1cc(C2=CN(c3ncnc4[nH]ccc34)CCS2)no1. The van der Waals surface area contributed by atoms with Crippen LogP contribution in [0.25, 0.3) is 15.9 Å². The molecule has 112 valence electrons. The number of hydrogen-bond acceptors (Lipinski definition) is 7. The second-order valence-electron chi connectivity index (χ2n) is 4.86. The third-order valence-corrected chi connectivity index (χ3v) is 4.49. The molecule has 3 aromatic rings. The maximum atomic E-state index is 5.57. The number of nitrogens with one attached hydrogen (secondary N) is 1. The Balaban J connectivity index is 1.73. The Labute approximate surface area is 130 Å². The Bertz CT molecular complexity index is 839. The lowest BCUT2D eigenvalue weighted by Gasteiger charge is -2.25. The molecule has 7 nitrogen and oxygen atoms in total. The standard InChI is InChI=1S/C14H14N6OS/c15-6-9-5-11(19-21-9)12-7-20(3-4-22-12)14-10-1-2-16-13(10)17-8-18-14/h1-2,5,7-8H,3-4,6,15H2,(H,16,17,18). The first-order valence-electron chi connectivity index (χ1n) is 6.90. The van der Waals surface area contributed by atoms with Crippen LogP contribution in [-0.2, 0) is 6.54 Å². The van der Waals surface area contributed by atoms with Crippen LogP contribution in [0.1, 0.15) is 11.5 Å². The summed E-state index contributed by atoms with van der Waals surface area (Å²) in [4.78, 5) is 14.9. The first kappa shape index (κ1) is 13.4. The molecule has 0 radical (unpaired) electrons. The van der Waals surface area contributed by atoms with E-state index in [4.69, 9.17) is 10.3 Å². The normalized spacial score (nSPS) is 15.3. The highest BCUT2D eigenvalue weighted by atomic mass is 32.2. The molecule has 0 aliphatic carbocycles. The molecule has 4 rings (SSSR count). The molecule has 3 N–H and O–H groups in total. The van der Waals surface area contributed by atoms with E-state index in [1.165, 1.54) is 0 Å². The second-order valence-corrected chi connectivity index (χ2v) is 5.99. The summed E-state index contributed by atoms with van der Waals surface area (Å²) < 4.78 is 5.19. The highest BCUT2D eigenvalue weighted by molar-refractivity contribution is 8.08. The van der Waals surface area contributed by atoms with Crippen LogP contribution in [0, 0.1) is 0 Å². The summed E-state index contributed by atoms with van der Waals surface area (Å²) in [5.74, 6) is 2.53. The fourth-order valence-electron chi connectivity index (χ4n) is 2.42. The molecule has 0 fully saturated rings. The van der Waals surface area contributed by atoms with Gasteiger partial charge in [-0.3, -0.25) is 0 Å². The summed E-state index contributed by atoms with van der Waals surface area (Å²) in [6.07, 6.45) is 5.50. The van der Waals surface area contributed by atoms with Crippen molar-refractivity contribution in [2.24, 2.45) is 5.73 Å². The van der Waals surface area contributed by atoms with Crippen LogP contribution in [0.5, 0.6) is 0 Å². The number of thioether (sulfide) groups is 1. The van der Waals surface area contributed by atoms with Gasteiger partial charge in [0.2, 0.25) is 0 Å². The fraction of sp³-hybridized carbons (Fsp3) is 0.214. The zero-order valence-corrected chi connectivity index (χ0v) is 12.5. The van der Waals surface area contributed by atoms with Crippen LogP contribution >= 0.6 is 11.8 Å². The molecule has 0 amide bonds. The summed E-state index contributed by atoms with van der Waals surface area (Å²) >= 11 is 1.75. The van der Waals surface area contributed by atoms with Gasteiger partial charge < -0.3 is 20.1 Å². The number of H-pyrrole nitrogens is 1. The molecule has 3 aromatic heterocycles. The smallest absolute Gasteiger partial charge is 0.150 e. The molecule has 8 heteroatoms. The van der Waals surface area contributed by atoms with E-state index in [9.17, 15) is 0 Å². The largest absolute Gasteiger partial charge is 0.359 e. The molecular formula is C14H14N6OS. The van der Waals surface area contributed by atoms with E-state index >= 15 is 0 Å². The predicted octanol–water partition coefficient (Wildman–Crippen LogP) is 1.96. The average molecular weight is 314 g/mol. The van der Waals surface area contributed by atoms with Crippen molar-refractivity contribution in [3.63, 3.8) is 0 Å². The van der Waals surface area contributed by atoms with Gasteiger partial charge in [-0.1, -0.05) is 5.16 Å². The summed E-state index contributed by atoms with van der Waals surface area (Å²) in [5, 5.41) is 5.09. The molecule has 0 saturated heterocycles. The van der Waals surface area contributed by atoms with E-state index in [2.05, 4.69) is 31.2 Å². The average Bonchev–Trinajstić information content (AvgIpc) is 3.23. The monoisotopic (exact) mass is 314 g/mol. The van der Waals surface area contributed by atoms with Crippen LogP contribution < -0.4 is 10.6 Å². The minimum atomic E-state index is 0.352. The number of hydrogen-bond donors (Lipinski definition) is 2. The van der Waals surface area contributed by atoms with Gasteiger partial charge in [-0.2, -0.15) is 0 Å². The Morgan fingerprint density at radius 3 is 3.23 bits per heavy atom. The molecule has 0 saturated carbocycles. The van der Waals surface area contributed by atoms with Gasteiger partial charge in [0.05, 0.1) is 16.8 Å². The van der Waals surface area contributed by atoms with Crippen molar-refractivity contribution in [1.82, 2.24) is 20.1 Å². The number of rotatable bonds is 3. The van der Waals surface area contributed by atoms with Gasteiger partial charge in [0.15, 0.2) is 5.76 Å². The van der Waals surface area contributed by atoms with E-state index in [0.717, 1.165) is 39.7 Å². The van der Waals surface area contributed by atoms with E-state index in [1.54, 1.807) is 18.1 Å². The van der Waals surface area contributed by atoms with Crippen LogP contribution in [0.3, 0.4) is 0 Å². The number of aromatic amines is 1. The summed E-state index contributed by atoms with van der Waals surface area (Å²) in [6, 6.07) is 3.87. The third kappa shape index (κ3) is 2.26. The molecule has 1 aliphatic heterocycles. The number of anilines is 1. The fourth-order valence-corrected chi connectivity index (χ4v) is 3.37. The molecule has 4 heterocycles. The summed E-state index contributed by atoms with van der Waals surface area (Å²) in [7, 11) is 0. The van der Waals surface area contributed by atoms with E-state index in [-0.39, 0.29) is 0 Å². The van der Waals surface area contributed by atoms with E-state index < -0.39 is 0 Å². The van der Waals surface area contributed by atoms with Crippen molar-refractivity contribution in [3.8, 4) is 0 Å². The van der Waals surface area contributed by atoms with Crippen molar-refractivity contribution < 1.29 is 4.52 Å². The highest BCUT2D eigenvalue weighted by Crippen LogP contribution is 2.34. The van der Waals surface area contributed by atoms with Crippen LogP contribution in [0.15, 0.2) is 35.4 Å². The summed E-state index contributed by atoms with van der Waals surface area (Å²) in [5.41, 5.74) is 7.22. The van der Waals surface area contributed by atoms with Crippen molar-refractivity contribution in [3.05, 3.63) is 42.3 Å². The molecule has 1 aliphatic rings. The van der Waals surface area contributed by atoms with Crippen molar-refractivity contribution in [1.29, 1.82) is 0 Å². The maximum Gasteiger partial charge on any atom is 0.150 e. The quantitative estimate of drug-likeness (QED) is 0.762. The Morgan fingerprint density at radius 1 is 1.41 bits per heavy atom. The molecule has 0 atom stereocenters. The number of aromatic nitrogens is 4. The van der Waals surface area contributed by atoms with Crippen LogP contribution in [-0.4, -0.2) is 32.4 Å². The van der Waals surface area contributed by atoms with E-state index in [0.29, 0.717) is 12.3 Å². The van der Waals surface area contributed by atoms with Gasteiger partial charge in [0, 0.05) is 30.8 Å². The molecule has 0 spiro atoms. The molecule has 22 heavy (non-hydrogen) atoms. The van der Waals surface area contributed by atoms with Crippen molar-refractivity contribution in [2.75, 3.05) is 17.2 Å². The lowest BCUT2D eigenvalue weighted by Crippen LogP contribution is -2.24. The topological polar surface area (TPSA) is 96.9 Å². The first-order chi connectivity index (χ1) is 10.8. The van der Waals surface area contributed by atoms with Crippen molar-refractivity contribution in [2.45, 2.75) is 6.54 Å². The van der Waals surface area contributed by atoms with Crippen molar-refractivity contribution >= 4 is 33.5 Å². The highest BCUT2D eigenvalue weighted by Gasteiger charge is 2.19. The Kier molecular flexibility index (Phi) is 3.32. The van der Waals surface area contributed by atoms with Gasteiger partial charge in [-0.05, 0) is 6.07 Å².